The third-order valence-electron chi connectivity index (χ3n) is 3.23. The molecule has 3 heterocycles. The molecule has 0 radical (unpaired) electrons. The van der Waals surface area contributed by atoms with Crippen molar-refractivity contribution in [1.82, 2.24) is 5.32 Å². The van der Waals surface area contributed by atoms with Crippen LogP contribution in [0.3, 0.4) is 0 Å². The zero-order valence-electron chi connectivity index (χ0n) is 10.9. The van der Waals surface area contributed by atoms with Gasteiger partial charge in [0.2, 0.25) is 0 Å². The lowest BCUT2D eigenvalue weighted by Gasteiger charge is -2.11. The standard InChI is InChI=1S/C14H13N3OS2/c1-8-2-3-11(19-8)13(18)17-14-10(6-15)9-4-5-16-7-12(9)20-14/h2-3,16H,4-5,7H2,1H3,(H,17,18). The highest BCUT2D eigenvalue weighted by atomic mass is 32.1. The van der Waals surface area contributed by atoms with E-state index in [1.807, 2.05) is 19.1 Å². The molecule has 0 aromatic carbocycles. The van der Waals surface area contributed by atoms with Crippen molar-refractivity contribution in [2.45, 2.75) is 19.9 Å². The number of aryl methyl sites for hydroxylation is 1. The smallest absolute Gasteiger partial charge is 0.266 e. The van der Waals surface area contributed by atoms with E-state index >= 15 is 0 Å². The second-order valence-corrected chi connectivity index (χ2v) is 7.00. The Hall–Kier alpha value is -1.68. The molecule has 4 nitrogen and oxygen atoms in total. The maximum atomic E-state index is 12.2. The van der Waals surface area contributed by atoms with Crippen molar-refractivity contribution < 1.29 is 4.79 Å². The van der Waals surface area contributed by atoms with E-state index in [9.17, 15) is 10.1 Å². The minimum Gasteiger partial charge on any atom is -0.312 e. The van der Waals surface area contributed by atoms with Crippen molar-refractivity contribution in [2.75, 3.05) is 11.9 Å². The van der Waals surface area contributed by atoms with Crippen LogP contribution in [0.1, 0.15) is 30.6 Å². The molecular formula is C14H13N3OS2. The fourth-order valence-electron chi connectivity index (χ4n) is 2.26. The molecule has 0 fully saturated rings. The summed E-state index contributed by atoms with van der Waals surface area (Å²) in [7, 11) is 0. The highest BCUT2D eigenvalue weighted by molar-refractivity contribution is 7.17. The first kappa shape index (κ1) is 13.3. The first-order chi connectivity index (χ1) is 9.69. The average molecular weight is 303 g/mol. The molecule has 102 valence electrons. The Bertz CT molecular complexity index is 709. The summed E-state index contributed by atoms with van der Waals surface area (Å²) in [6, 6.07) is 5.98. The summed E-state index contributed by atoms with van der Waals surface area (Å²) in [5, 5.41) is 16.2. The lowest BCUT2D eigenvalue weighted by molar-refractivity contribution is 0.103. The number of nitrogens with one attached hydrogen (secondary N) is 2. The van der Waals surface area contributed by atoms with Crippen LogP contribution >= 0.6 is 22.7 Å². The van der Waals surface area contributed by atoms with E-state index in [1.165, 1.54) is 22.7 Å². The zero-order valence-corrected chi connectivity index (χ0v) is 12.6. The summed E-state index contributed by atoms with van der Waals surface area (Å²) in [5.74, 6) is -0.133. The van der Waals surface area contributed by atoms with Gasteiger partial charge in [0.05, 0.1) is 10.4 Å². The number of amides is 1. The number of anilines is 1. The van der Waals surface area contributed by atoms with E-state index in [-0.39, 0.29) is 5.91 Å². The summed E-state index contributed by atoms with van der Waals surface area (Å²) in [5.41, 5.74) is 1.72. The van der Waals surface area contributed by atoms with Gasteiger partial charge in [0.1, 0.15) is 11.1 Å². The summed E-state index contributed by atoms with van der Waals surface area (Å²) in [4.78, 5) is 15.1. The first-order valence-corrected chi connectivity index (χ1v) is 7.95. The fraction of sp³-hybridized carbons (Fsp3) is 0.286. The highest BCUT2D eigenvalue weighted by Crippen LogP contribution is 2.35. The minimum atomic E-state index is -0.133. The molecule has 1 aliphatic rings. The van der Waals surface area contributed by atoms with Crippen LogP contribution in [0.25, 0.3) is 0 Å². The van der Waals surface area contributed by atoms with Crippen molar-refractivity contribution in [1.29, 1.82) is 5.26 Å². The van der Waals surface area contributed by atoms with Gasteiger partial charge in [0.25, 0.3) is 5.91 Å². The van der Waals surface area contributed by atoms with Crippen molar-refractivity contribution in [3.8, 4) is 6.07 Å². The number of hydrogen-bond donors (Lipinski definition) is 2. The first-order valence-electron chi connectivity index (χ1n) is 6.32. The fourth-order valence-corrected chi connectivity index (χ4v) is 4.19. The molecule has 3 rings (SSSR count). The van der Waals surface area contributed by atoms with Gasteiger partial charge in [0, 0.05) is 16.3 Å². The Balaban J connectivity index is 1.89. The lowest BCUT2D eigenvalue weighted by Crippen LogP contribution is -2.22. The van der Waals surface area contributed by atoms with Crippen molar-refractivity contribution >= 4 is 33.6 Å². The van der Waals surface area contributed by atoms with E-state index in [0.29, 0.717) is 15.4 Å². The Labute approximate surface area is 125 Å². The second-order valence-electron chi connectivity index (χ2n) is 4.61. The van der Waals surface area contributed by atoms with Gasteiger partial charge < -0.3 is 10.6 Å². The third kappa shape index (κ3) is 2.36. The van der Waals surface area contributed by atoms with E-state index in [1.54, 1.807) is 0 Å². The van der Waals surface area contributed by atoms with Crippen LogP contribution in [-0.2, 0) is 13.0 Å². The predicted octanol–water partition coefficient (Wildman–Crippen LogP) is 2.89. The van der Waals surface area contributed by atoms with Crippen LogP contribution in [0.15, 0.2) is 12.1 Å². The van der Waals surface area contributed by atoms with Crippen LogP contribution in [0, 0.1) is 18.3 Å². The monoisotopic (exact) mass is 303 g/mol. The highest BCUT2D eigenvalue weighted by Gasteiger charge is 2.22. The van der Waals surface area contributed by atoms with Gasteiger partial charge in [-0.15, -0.1) is 22.7 Å². The topological polar surface area (TPSA) is 64.9 Å². The number of carbonyl (C=O) groups excluding carboxylic acids is 1. The van der Waals surface area contributed by atoms with E-state index in [4.69, 9.17) is 0 Å². The van der Waals surface area contributed by atoms with Gasteiger partial charge in [-0.05, 0) is 37.6 Å². The van der Waals surface area contributed by atoms with Crippen molar-refractivity contribution in [3.63, 3.8) is 0 Å². The molecule has 0 aliphatic carbocycles. The van der Waals surface area contributed by atoms with E-state index in [0.717, 1.165) is 34.8 Å². The molecule has 0 saturated carbocycles. The molecule has 0 atom stereocenters. The molecule has 1 amide bonds. The van der Waals surface area contributed by atoms with Gasteiger partial charge in [0.15, 0.2) is 0 Å². The molecule has 0 unspecified atom stereocenters. The number of thiophene rings is 2. The predicted molar refractivity (Wildman–Crippen MR) is 81.5 cm³/mol. The summed E-state index contributed by atoms with van der Waals surface area (Å²) < 4.78 is 0. The number of hydrogen-bond acceptors (Lipinski definition) is 5. The molecule has 20 heavy (non-hydrogen) atoms. The molecule has 0 bridgehead atoms. The van der Waals surface area contributed by atoms with Gasteiger partial charge in [-0.1, -0.05) is 0 Å². The van der Waals surface area contributed by atoms with Crippen LogP contribution in [-0.4, -0.2) is 12.5 Å². The molecule has 6 heteroatoms. The Morgan fingerprint density at radius 2 is 2.30 bits per heavy atom. The van der Waals surface area contributed by atoms with E-state index in [2.05, 4.69) is 16.7 Å². The Morgan fingerprint density at radius 3 is 3.00 bits per heavy atom. The van der Waals surface area contributed by atoms with Crippen LogP contribution in [0.5, 0.6) is 0 Å². The maximum absolute atomic E-state index is 12.2. The van der Waals surface area contributed by atoms with Crippen molar-refractivity contribution in [2.24, 2.45) is 0 Å². The minimum absolute atomic E-state index is 0.133. The SMILES string of the molecule is Cc1ccc(C(=O)Nc2sc3c(c2C#N)CCNC3)s1. The third-order valence-corrected chi connectivity index (χ3v) is 5.38. The Morgan fingerprint density at radius 1 is 1.45 bits per heavy atom. The molecule has 0 saturated heterocycles. The molecule has 2 N–H and O–H groups in total. The number of rotatable bonds is 2. The zero-order chi connectivity index (χ0) is 14.1. The van der Waals surface area contributed by atoms with Crippen LogP contribution < -0.4 is 10.6 Å². The maximum Gasteiger partial charge on any atom is 0.266 e. The molecule has 1 aliphatic heterocycles. The molecule has 0 spiro atoms. The van der Waals surface area contributed by atoms with Gasteiger partial charge >= 0.3 is 0 Å². The number of fused-ring (bicyclic) bond motifs is 1. The van der Waals surface area contributed by atoms with Gasteiger partial charge in [-0.2, -0.15) is 5.26 Å². The normalized spacial score (nSPS) is 13.6. The summed E-state index contributed by atoms with van der Waals surface area (Å²) in [6.07, 6.45) is 0.850. The van der Waals surface area contributed by atoms with Crippen molar-refractivity contribution in [3.05, 3.63) is 37.9 Å². The quantitative estimate of drug-likeness (QED) is 0.896. The van der Waals surface area contributed by atoms with Gasteiger partial charge in [-0.3, -0.25) is 4.79 Å². The summed E-state index contributed by atoms with van der Waals surface area (Å²) in [6.45, 7) is 3.64. The molecular weight excluding hydrogens is 290 g/mol. The van der Waals surface area contributed by atoms with Gasteiger partial charge in [-0.25, -0.2) is 0 Å². The van der Waals surface area contributed by atoms with Crippen LogP contribution in [0.2, 0.25) is 0 Å². The molecule has 2 aromatic rings. The number of carbonyl (C=O) groups is 1. The number of nitrogens with zero attached hydrogens (tertiary/aromatic N) is 1. The Kier molecular flexibility index (Phi) is 3.57. The van der Waals surface area contributed by atoms with E-state index < -0.39 is 0 Å². The second kappa shape index (κ2) is 5.37. The van der Waals surface area contributed by atoms with Crippen LogP contribution in [0.4, 0.5) is 5.00 Å². The summed E-state index contributed by atoms with van der Waals surface area (Å²) >= 11 is 2.96. The molecule has 2 aromatic heterocycles. The number of nitriles is 1. The largest absolute Gasteiger partial charge is 0.312 e. The average Bonchev–Trinajstić information content (AvgIpc) is 3.01. The lowest BCUT2D eigenvalue weighted by atomic mass is 10.1.